The zero-order valence-electron chi connectivity index (χ0n) is 13.5. The van der Waals surface area contributed by atoms with Gasteiger partial charge >= 0.3 is 5.97 Å². The second-order valence-corrected chi connectivity index (χ2v) is 5.44. The van der Waals surface area contributed by atoms with E-state index in [2.05, 4.69) is 4.99 Å². The topological polar surface area (TPSA) is 66.3 Å². The molecule has 0 radical (unpaired) electrons. The number of cyclic esters (lactones) is 1. The van der Waals surface area contributed by atoms with E-state index in [-0.39, 0.29) is 11.6 Å². The third-order valence-electron chi connectivity index (χ3n) is 3.83. The predicted molar refractivity (Wildman–Crippen MR) is 91.0 cm³/mol. The lowest BCUT2D eigenvalue weighted by Gasteiger charge is -2.18. The predicted octanol–water partition coefficient (Wildman–Crippen LogP) is 2.81. The Morgan fingerprint density at radius 1 is 1.08 bits per heavy atom. The molecule has 0 aromatic heterocycles. The number of carbonyl (C=O) groups excluding carboxylic acids is 1. The molecule has 0 fully saturated rings. The average Bonchev–Trinajstić information content (AvgIpc) is 3.02. The van der Waals surface area contributed by atoms with Crippen molar-refractivity contribution in [1.82, 2.24) is 0 Å². The number of aliphatic imine (C=N–C) groups is 1. The van der Waals surface area contributed by atoms with Crippen LogP contribution in [0, 0.1) is 0 Å². The third kappa shape index (κ3) is 2.94. The largest absolute Gasteiger partial charge is 0.496 e. The molecule has 0 atom stereocenters. The van der Waals surface area contributed by atoms with Crippen LogP contribution in [0.2, 0.25) is 0 Å². The lowest BCUT2D eigenvalue weighted by Crippen LogP contribution is -2.15. The van der Waals surface area contributed by atoms with Crippen molar-refractivity contribution in [3.63, 3.8) is 0 Å². The van der Waals surface area contributed by atoms with Crippen LogP contribution < -0.4 is 14.2 Å². The van der Waals surface area contributed by atoms with Crippen LogP contribution in [0.1, 0.15) is 11.1 Å². The molecule has 2 aliphatic rings. The van der Waals surface area contributed by atoms with E-state index in [1.165, 1.54) is 0 Å². The van der Waals surface area contributed by atoms with E-state index in [9.17, 15) is 4.79 Å². The van der Waals surface area contributed by atoms with Gasteiger partial charge in [-0.1, -0.05) is 18.2 Å². The maximum Gasteiger partial charge on any atom is 0.363 e. The Bertz CT molecular complexity index is 900. The van der Waals surface area contributed by atoms with Gasteiger partial charge in [-0.25, -0.2) is 9.79 Å². The number of para-hydroxylation sites is 1. The first kappa shape index (κ1) is 15.3. The highest BCUT2D eigenvalue weighted by Crippen LogP contribution is 2.32. The van der Waals surface area contributed by atoms with E-state index in [1.807, 2.05) is 30.3 Å². The number of nitrogens with zero attached hydrogens (tertiary/aromatic N) is 1. The number of ether oxygens (including phenoxy) is 4. The van der Waals surface area contributed by atoms with Crippen molar-refractivity contribution in [2.45, 2.75) is 0 Å². The molecule has 4 rings (SSSR count). The minimum Gasteiger partial charge on any atom is -0.496 e. The van der Waals surface area contributed by atoms with Gasteiger partial charge in [0, 0.05) is 0 Å². The molecule has 2 aromatic carbocycles. The number of hydrogen-bond donors (Lipinski definition) is 0. The summed E-state index contributed by atoms with van der Waals surface area (Å²) < 4.78 is 21.6. The first-order chi connectivity index (χ1) is 12.2. The molecule has 0 N–H and O–H groups in total. The Kier molecular flexibility index (Phi) is 3.85. The van der Waals surface area contributed by atoms with Gasteiger partial charge in [-0.05, 0) is 35.9 Å². The van der Waals surface area contributed by atoms with Gasteiger partial charge in [0.25, 0.3) is 0 Å². The molecule has 0 saturated heterocycles. The van der Waals surface area contributed by atoms with Crippen molar-refractivity contribution >= 4 is 17.9 Å². The summed E-state index contributed by atoms with van der Waals surface area (Å²) in [5.74, 6) is 1.66. The van der Waals surface area contributed by atoms with Gasteiger partial charge in [-0.3, -0.25) is 0 Å². The van der Waals surface area contributed by atoms with E-state index >= 15 is 0 Å². The lowest BCUT2D eigenvalue weighted by atomic mass is 10.1. The third-order valence-corrected chi connectivity index (χ3v) is 3.83. The van der Waals surface area contributed by atoms with Crippen molar-refractivity contribution in [3.8, 4) is 17.2 Å². The fourth-order valence-corrected chi connectivity index (χ4v) is 2.65. The maximum atomic E-state index is 12.1. The summed E-state index contributed by atoms with van der Waals surface area (Å²) in [5, 5.41) is 0. The molecule has 2 aliphatic heterocycles. The van der Waals surface area contributed by atoms with Crippen LogP contribution >= 0.6 is 0 Å². The van der Waals surface area contributed by atoms with Gasteiger partial charge in [-0.15, -0.1) is 0 Å². The van der Waals surface area contributed by atoms with E-state index in [0.717, 1.165) is 5.56 Å². The molecule has 2 aromatic rings. The molecule has 0 spiro atoms. The standard InChI is InChI=1S/C19H15NO5/c1-22-15-5-3-2-4-13(15)18-20-14(19(21)25-18)10-12-6-7-16-17(11-12)24-9-8-23-16/h2-7,10-11H,8-9H2,1H3/b14-10-. The molecule has 25 heavy (non-hydrogen) atoms. The van der Waals surface area contributed by atoms with Gasteiger partial charge in [0.1, 0.15) is 19.0 Å². The van der Waals surface area contributed by atoms with Gasteiger partial charge in [-0.2, -0.15) is 0 Å². The minimum atomic E-state index is -0.504. The summed E-state index contributed by atoms with van der Waals surface area (Å²) in [4.78, 5) is 16.5. The molecule has 6 nitrogen and oxygen atoms in total. The summed E-state index contributed by atoms with van der Waals surface area (Å²) in [5.41, 5.74) is 1.63. The zero-order chi connectivity index (χ0) is 17.2. The Morgan fingerprint density at radius 3 is 2.72 bits per heavy atom. The van der Waals surface area contributed by atoms with Gasteiger partial charge in [0.2, 0.25) is 5.90 Å². The smallest absolute Gasteiger partial charge is 0.363 e. The van der Waals surface area contributed by atoms with Crippen LogP contribution in [-0.4, -0.2) is 32.2 Å². The Morgan fingerprint density at radius 2 is 1.88 bits per heavy atom. The number of esters is 1. The van der Waals surface area contributed by atoms with Crippen LogP contribution in [0.5, 0.6) is 17.2 Å². The second-order valence-electron chi connectivity index (χ2n) is 5.44. The fourth-order valence-electron chi connectivity index (χ4n) is 2.65. The number of fused-ring (bicyclic) bond motifs is 1. The summed E-state index contributed by atoms with van der Waals surface area (Å²) in [7, 11) is 1.56. The number of methoxy groups -OCH3 is 1. The first-order valence-corrected chi connectivity index (χ1v) is 7.80. The number of benzene rings is 2. The summed E-state index contributed by atoms with van der Waals surface area (Å²) in [6.07, 6.45) is 1.66. The molecule has 0 bridgehead atoms. The van der Waals surface area contributed by atoms with Gasteiger partial charge < -0.3 is 18.9 Å². The minimum absolute atomic E-state index is 0.220. The Hall–Kier alpha value is -3.28. The first-order valence-electron chi connectivity index (χ1n) is 7.80. The van der Waals surface area contributed by atoms with Crippen LogP contribution in [0.4, 0.5) is 0 Å². The van der Waals surface area contributed by atoms with Crippen molar-refractivity contribution in [1.29, 1.82) is 0 Å². The number of rotatable bonds is 3. The van der Waals surface area contributed by atoms with Crippen LogP contribution in [-0.2, 0) is 9.53 Å². The molecule has 0 saturated carbocycles. The van der Waals surface area contributed by atoms with Crippen molar-refractivity contribution in [2.75, 3.05) is 20.3 Å². The van der Waals surface area contributed by atoms with E-state index in [1.54, 1.807) is 25.3 Å². The molecule has 126 valence electrons. The second kappa shape index (κ2) is 6.32. The van der Waals surface area contributed by atoms with Crippen molar-refractivity contribution in [2.24, 2.45) is 4.99 Å². The van der Waals surface area contributed by atoms with E-state index in [0.29, 0.717) is 36.0 Å². The highest BCUT2D eigenvalue weighted by Gasteiger charge is 2.26. The van der Waals surface area contributed by atoms with Crippen LogP contribution in [0.25, 0.3) is 6.08 Å². The summed E-state index contributed by atoms with van der Waals surface area (Å²) in [6.45, 7) is 1.04. The van der Waals surface area contributed by atoms with E-state index < -0.39 is 5.97 Å². The molecular weight excluding hydrogens is 322 g/mol. The highest BCUT2D eigenvalue weighted by atomic mass is 16.6. The molecule has 0 aliphatic carbocycles. The number of hydrogen-bond acceptors (Lipinski definition) is 6. The van der Waals surface area contributed by atoms with Crippen molar-refractivity contribution < 1.29 is 23.7 Å². The molecule has 6 heteroatoms. The SMILES string of the molecule is COc1ccccc1C1=N/C(=C\c2ccc3c(c2)OCCO3)C(=O)O1. The lowest BCUT2D eigenvalue weighted by molar-refractivity contribution is -0.129. The zero-order valence-corrected chi connectivity index (χ0v) is 13.5. The highest BCUT2D eigenvalue weighted by molar-refractivity contribution is 6.13. The molecular formula is C19H15NO5. The Balaban J connectivity index is 1.67. The van der Waals surface area contributed by atoms with Crippen LogP contribution in [0.15, 0.2) is 53.2 Å². The average molecular weight is 337 g/mol. The monoisotopic (exact) mass is 337 g/mol. The Labute approximate surface area is 144 Å². The molecule has 2 heterocycles. The normalized spacial score (nSPS) is 17.2. The number of carbonyl (C=O) groups is 1. The van der Waals surface area contributed by atoms with Gasteiger partial charge in [0.15, 0.2) is 17.2 Å². The van der Waals surface area contributed by atoms with Gasteiger partial charge in [0.05, 0.1) is 12.7 Å². The quantitative estimate of drug-likeness (QED) is 0.636. The molecule has 0 unspecified atom stereocenters. The summed E-state index contributed by atoms with van der Waals surface area (Å²) in [6, 6.07) is 12.7. The van der Waals surface area contributed by atoms with Crippen molar-refractivity contribution in [3.05, 3.63) is 59.3 Å². The van der Waals surface area contributed by atoms with Crippen LogP contribution in [0.3, 0.4) is 0 Å². The fraction of sp³-hybridized carbons (Fsp3) is 0.158. The molecule has 0 amide bonds. The van der Waals surface area contributed by atoms with E-state index in [4.69, 9.17) is 18.9 Å². The summed E-state index contributed by atoms with van der Waals surface area (Å²) >= 11 is 0. The maximum absolute atomic E-state index is 12.1.